The Labute approximate surface area is 415 Å². The largest absolute Gasteiger partial charge is 0.756 e. The van der Waals surface area contributed by atoms with Crippen molar-refractivity contribution in [2.75, 3.05) is 47.5 Å². The van der Waals surface area contributed by atoms with Crippen molar-refractivity contribution in [2.24, 2.45) is 0 Å². The number of phosphoric acid groups is 1. The normalized spacial score (nSPS) is 14.5. The molecular formula is C58H94NO8P. The van der Waals surface area contributed by atoms with E-state index in [1.165, 1.54) is 0 Å². The summed E-state index contributed by atoms with van der Waals surface area (Å²) < 4.78 is 33.9. The zero-order valence-corrected chi connectivity index (χ0v) is 44.1. The summed E-state index contributed by atoms with van der Waals surface area (Å²) in [5.74, 6) is -0.900. The molecule has 0 amide bonds. The van der Waals surface area contributed by atoms with Crippen LogP contribution in [0.3, 0.4) is 0 Å². The summed E-state index contributed by atoms with van der Waals surface area (Å²) in [6.07, 6.45) is 69.2. The van der Waals surface area contributed by atoms with E-state index in [1.54, 1.807) is 0 Å². The fourth-order valence-corrected chi connectivity index (χ4v) is 6.94. The lowest BCUT2D eigenvalue weighted by atomic mass is 10.1. The zero-order chi connectivity index (χ0) is 49.9. The summed E-state index contributed by atoms with van der Waals surface area (Å²) in [5, 5.41) is 0. The van der Waals surface area contributed by atoms with Gasteiger partial charge in [-0.2, -0.15) is 0 Å². The second kappa shape index (κ2) is 48.2. The summed E-state index contributed by atoms with van der Waals surface area (Å²) in [4.78, 5) is 37.7. The number of carbonyl (C=O) groups is 2. The monoisotopic (exact) mass is 964 g/mol. The Balaban J connectivity index is 4.28. The molecule has 0 saturated heterocycles. The smallest absolute Gasteiger partial charge is 0.306 e. The SMILES string of the molecule is CC/C=C\C/C=C\C/C=C\C/C=C\C/C=C\C/C=C\C/C=C\C/C=C\CCCCCCCCC(=O)OC(COC(=O)CCCCC/C=C\C/C=C\C/C=C\CC)COP(=O)([O-])OCC[N+](C)(C)C. The van der Waals surface area contributed by atoms with E-state index in [4.69, 9.17) is 18.5 Å². The van der Waals surface area contributed by atoms with Crippen molar-refractivity contribution in [1.29, 1.82) is 0 Å². The molecule has 2 unspecified atom stereocenters. The maximum atomic E-state index is 12.7. The van der Waals surface area contributed by atoms with Gasteiger partial charge >= 0.3 is 11.9 Å². The highest BCUT2D eigenvalue weighted by Crippen LogP contribution is 2.38. The van der Waals surface area contributed by atoms with Gasteiger partial charge in [0.1, 0.15) is 19.8 Å². The Morgan fingerprint density at radius 3 is 1.19 bits per heavy atom. The Morgan fingerprint density at radius 2 is 0.794 bits per heavy atom. The molecule has 68 heavy (non-hydrogen) atoms. The Hall–Kier alpha value is -3.85. The van der Waals surface area contributed by atoms with Crippen LogP contribution in [-0.2, 0) is 32.7 Å². The van der Waals surface area contributed by atoms with E-state index in [9.17, 15) is 19.0 Å². The number of nitrogens with zero attached hydrogens (tertiary/aromatic N) is 1. The predicted molar refractivity (Wildman–Crippen MR) is 286 cm³/mol. The van der Waals surface area contributed by atoms with Gasteiger partial charge in [-0.1, -0.05) is 180 Å². The molecule has 9 nitrogen and oxygen atoms in total. The standard InChI is InChI=1S/C58H94NO8P/c1-6-8-10-12-14-16-18-20-21-22-23-24-25-26-27-28-29-30-31-32-33-34-35-36-37-39-41-43-45-47-49-51-58(61)67-56(55-66-68(62,63)65-53-52-59(3,4)5)54-64-57(60)50-48-46-44-42-40-38-19-17-15-13-11-9-7-2/h8-11,14-17,20-21,23-24,26-27,29-30,32-33,35-36,38,40,56H,6-7,12-13,18-19,22,25,28,31,34,37,39,41-55H2,1-5H3/b10-8-,11-9-,16-14-,17-15-,21-20-,24-23-,27-26-,30-29-,33-32-,36-35-,40-38-. The van der Waals surface area contributed by atoms with Gasteiger partial charge in [0.15, 0.2) is 6.10 Å². The molecule has 0 aromatic rings. The predicted octanol–water partition coefficient (Wildman–Crippen LogP) is 15.2. The van der Waals surface area contributed by atoms with Crippen LogP contribution in [0.15, 0.2) is 134 Å². The van der Waals surface area contributed by atoms with Gasteiger partial charge in [-0.3, -0.25) is 14.2 Å². The van der Waals surface area contributed by atoms with E-state index < -0.39 is 32.5 Å². The minimum Gasteiger partial charge on any atom is -0.756 e. The third-order valence-electron chi connectivity index (χ3n) is 10.2. The van der Waals surface area contributed by atoms with Gasteiger partial charge in [0.05, 0.1) is 27.7 Å². The van der Waals surface area contributed by atoms with E-state index >= 15 is 0 Å². The first-order valence-corrected chi connectivity index (χ1v) is 27.4. The molecule has 0 saturated carbocycles. The van der Waals surface area contributed by atoms with Crippen molar-refractivity contribution < 1.29 is 42.1 Å². The molecule has 0 rings (SSSR count). The lowest BCUT2D eigenvalue weighted by Crippen LogP contribution is -2.37. The lowest BCUT2D eigenvalue weighted by molar-refractivity contribution is -0.870. The molecule has 0 aliphatic rings. The van der Waals surface area contributed by atoms with Crippen molar-refractivity contribution in [2.45, 2.75) is 174 Å². The van der Waals surface area contributed by atoms with E-state index in [0.717, 1.165) is 128 Å². The second-order valence-electron chi connectivity index (χ2n) is 17.8. The summed E-state index contributed by atoms with van der Waals surface area (Å²) in [7, 11) is 1.11. The van der Waals surface area contributed by atoms with Gasteiger partial charge in [0.25, 0.3) is 7.82 Å². The van der Waals surface area contributed by atoms with Crippen LogP contribution in [0.5, 0.6) is 0 Å². The number of hydrogen-bond acceptors (Lipinski definition) is 8. The van der Waals surface area contributed by atoms with E-state index in [0.29, 0.717) is 23.9 Å². The maximum absolute atomic E-state index is 12.7. The van der Waals surface area contributed by atoms with Crippen molar-refractivity contribution >= 4 is 19.8 Å². The molecule has 0 aromatic carbocycles. The summed E-state index contributed by atoms with van der Waals surface area (Å²) in [5.41, 5.74) is 0. The van der Waals surface area contributed by atoms with E-state index in [-0.39, 0.29) is 26.1 Å². The van der Waals surface area contributed by atoms with Gasteiger partial charge in [0, 0.05) is 12.8 Å². The minimum atomic E-state index is -4.65. The number of esters is 2. The average molecular weight is 964 g/mol. The van der Waals surface area contributed by atoms with Crippen LogP contribution in [-0.4, -0.2) is 70.0 Å². The topological polar surface area (TPSA) is 111 Å². The highest BCUT2D eigenvalue weighted by Gasteiger charge is 2.21. The molecule has 0 N–H and O–H groups in total. The number of likely N-dealkylation sites (N-methyl/N-ethyl adjacent to an activating group) is 1. The molecule has 384 valence electrons. The fourth-order valence-electron chi connectivity index (χ4n) is 6.21. The summed E-state index contributed by atoms with van der Waals surface area (Å²) >= 11 is 0. The number of hydrogen-bond donors (Lipinski definition) is 0. The molecule has 10 heteroatoms. The lowest BCUT2D eigenvalue weighted by Gasteiger charge is -2.28. The summed E-state index contributed by atoms with van der Waals surface area (Å²) in [6, 6.07) is 0. The Kier molecular flexibility index (Phi) is 45.5. The molecule has 0 heterocycles. The van der Waals surface area contributed by atoms with Crippen LogP contribution in [0, 0.1) is 0 Å². The quantitative estimate of drug-likeness (QED) is 0.0195. The number of phosphoric ester groups is 1. The van der Waals surface area contributed by atoms with Gasteiger partial charge in [-0.25, -0.2) is 0 Å². The number of carbonyl (C=O) groups excluding carboxylic acids is 2. The number of quaternary nitrogens is 1. The minimum absolute atomic E-state index is 0.0470. The van der Waals surface area contributed by atoms with Crippen LogP contribution in [0.4, 0.5) is 0 Å². The third kappa shape index (κ3) is 51.5. The third-order valence-corrected chi connectivity index (χ3v) is 11.1. The van der Waals surface area contributed by atoms with Gasteiger partial charge in [0.2, 0.25) is 0 Å². The number of allylic oxidation sites excluding steroid dienone is 22. The Bertz CT molecular complexity index is 1610. The van der Waals surface area contributed by atoms with Gasteiger partial charge in [-0.05, 0) is 109 Å². The molecule has 0 aromatic heterocycles. The van der Waals surface area contributed by atoms with Gasteiger partial charge in [-0.15, -0.1) is 0 Å². The molecule has 0 radical (unpaired) electrons. The maximum Gasteiger partial charge on any atom is 0.306 e. The molecule has 0 aliphatic carbocycles. The first-order valence-electron chi connectivity index (χ1n) is 25.9. The molecule has 0 bridgehead atoms. The highest BCUT2D eigenvalue weighted by molar-refractivity contribution is 7.45. The highest BCUT2D eigenvalue weighted by atomic mass is 31.2. The van der Waals surface area contributed by atoms with Crippen molar-refractivity contribution in [3.63, 3.8) is 0 Å². The first kappa shape index (κ1) is 64.2. The average Bonchev–Trinajstić information content (AvgIpc) is 3.30. The van der Waals surface area contributed by atoms with Crippen molar-refractivity contribution in [3.05, 3.63) is 134 Å². The van der Waals surface area contributed by atoms with Crippen molar-refractivity contribution in [1.82, 2.24) is 0 Å². The molecule has 2 atom stereocenters. The van der Waals surface area contributed by atoms with Crippen LogP contribution >= 0.6 is 7.82 Å². The zero-order valence-electron chi connectivity index (χ0n) is 43.2. The summed E-state index contributed by atoms with van der Waals surface area (Å²) in [6.45, 7) is 3.91. The first-order chi connectivity index (χ1) is 33.0. The van der Waals surface area contributed by atoms with E-state index in [1.807, 2.05) is 21.1 Å². The van der Waals surface area contributed by atoms with Crippen molar-refractivity contribution in [3.8, 4) is 0 Å². The van der Waals surface area contributed by atoms with Crippen LogP contribution in [0.25, 0.3) is 0 Å². The molecule has 0 aliphatic heterocycles. The van der Waals surface area contributed by atoms with Crippen LogP contribution in [0.1, 0.15) is 168 Å². The molecule has 0 spiro atoms. The van der Waals surface area contributed by atoms with E-state index in [2.05, 4.69) is 148 Å². The van der Waals surface area contributed by atoms with Crippen LogP contribution < -0.4 is 4.89 Å². The Morgan fingerprint density at radius 1 is 0.456 bits per heavy atom. The fraction of sp³-hybridized carbons (Fsp3) is 0.586. The number of rotatable bonds is 45. The number of unbranched alkanes of at least 4 members (excludes halogenated alkanes) is 9. The molecule has 0 fully saturated rings. The van der Waals surface area contributed by atoms with Gasteiger partial charge < -0.3 is 27.9 Å². The number of ether oxygens (including phenoxy) is 2. The van der Waals surface area contributed by atoms with Crippen LogP contribution in [0.2, 0.25) is 0 Å². The second-order valence-corrected chi connectivity index (χ2v) is 19.2. The molecular weight excluding hydrogens is 870 g/mol.